The van der Waals surface area contributed by atoms with Crippen molar-refractivity contribution in [1.29, 1.82) is 0 Å². The van der Waals surface area contributed by atoms with E-state index in [9.17, 15) is 8.42 Å². The van der Waals surface area contributed by atoms with E-state index in [1.165, 1.54) is 6.20 Å². The van der Waals surface area contributed by atoms with Crippen LogP contribution in [0.3, 0.4) is 0 Å². The fourth-order valence-corrected chi connectivity index (χ4v) is 3.50. The van der Waals surface area contributed by atoms with E-state index >= 15 is 0 Å². The molecule has 0 spiro atoms. The number of aromatic nitrogens is 1. The number of nitrogens with zero attached hydrogens (tertiary/aromatic N) is 1. The number of nitrogens with one attached hydrogen (secondary N) is 3. The first-order chi connectivity index (χ1) is 9.01. The van der Waals surface area contributed by atoms with E-state index in [0.29, 0.717) is 23.9 Å². The summed E-state index contributed by atoms with van der Waals surface area (Å²) in [7, 11) is 0.493. The van der Waals surface area contributed by atoms with Crippen molar-refractivity contribution in [2.45, 2.75) is 17.9 Å². The maximum atomic E-state index is 12.1. The molecule has 1 aliphatic rings. The lowest BCUT2D eigenvalue weighted by Crippen LogP contribution is -2.30. The highest BCUT2D eigenvalue weighted by molar-refractivity contribution is 7.89. The van der Waals surface area contributed by atoms with E-state index in [0.717, 1.165) is 25.2 Å². The van der Waals surface area contributed by atoms with Crippen molar-refractivity contribution in [3.05, 3.63) is 18.0 Å². The lowest BCUT2D eigenvalue weighted by Gasteiger charge is -2.11. The maximum absolute atomic E-state index is 12.1. The Kier molecular flexibility index (Phi) is 4.62. The molecule has 1 aromatic rings. The Balaban J connectivity index is 1.93. The number of rotatable bonds is 6. The quantitative estimate of drug-likeness (QED) is 0.686. The summed E-state index contributed by atoms with van der Waals surface area (Å²) in [5, 5.41) is 2.98. The molecule has 0 aliphatic carbocycles. The molecule has 1 aliphatic heterocycles. The first-order valence-electron chi connectivity index (χ1n) is 6.51. The molecule has 2 heterocycles. The molecule has 0 aromatic carbocycles. The molecule has 1 unspecified atom stereocenters. The second-order valence-corrected chi connectivity index (χ2v) is 6.93. The maximum Gasteiger partial charge on any atom is 0.242 e. The largest absolute Gasteiger partial charge is 0.363 e. The van der Waals surface area contributed by atoms with Crippen LogP contribution in [0.25, 0.3) is 0 Å². The normalized spacial score (nSPS) is 21.1. The van der Waals surface area contributed by atoms with E-state index in [4.69, 9.17) is 0 Å². The van der Waals surface area contributed by atoms with Crippen molar-refractivity contribution >= 4 is 10.0 Å². The van der Waals surface area contributed by atoms with Crippen LogP contribution < -0.4 is 10.0 Å². The Morgan fingerprint density at radius 1 is 1.53 bits per heavy atom. The van der Waals surface area contributed by atoms with Crippen molar-refractivity contribution < 1.29 is 8.42 Å². The van der Waals surface area contributed by atoms with Gasteiger partial charge in [-0.1, -0.05) is 0 Å². The predicted octanol–water partition coefficient (Wildman–Crippen LogP) is -0.0359. The molecule has 108 valence electrons. The zero-order valence-electron chi connectivity index (χ0n) is 11.4. The van der Waals surface area contributed by atoms with E-state index in [1.54, 1.807) is 6.07 Å². The third kappa shape index (κ3) is 3.79. The van der Waals surface area contributed by atoms with Crippen LogP contribution in [0.1, 0.15) is 12.1 Å². The fourth-order valence-electron chi connectivity index (χ4n) is 2.37. The minimum Gasteiger partial charge on any atom is -0.363 e. The van der Waals surface area contributed by atoms with Crippen molar-refractivity contribution in [2.24, 2.45) is 5.92 Å². The highest BCUT2D eigenvalue weighted by Crippen LogP contribution is 2.15. The molecular weight excluding hydrogens is 264 g/mol. The summed E-state index contributed by atoms with van der Waals surface area (Å²) in [5.41, 5.74) is 0.864. The second kappa shape index (κ2) is 6.04. The summed E-state index contributed by atoms with van der Waals surface area (Å²) in [5.74, 6) is 0.412. The molecule has 1 aromatic heterocycles. The third-order valence-electron chi connectivity index (χ3n) is 3.44. The van der Waals surface area contributed by atoms with Crippen molar-refractivity contribution in [3.63, 3.8) is 0 Å². The van der Waals surface area contributed by atoms with E-state index in [1.807, 2.05) is 7.05 Å². The van der Waals surface area contributed by atoms with Crippen LogP contribution in [0.5, 0.6) is 0 Å². The predicted molar refractivity (Wildman–Crippen MR) is 74.3 cm³/mol. The molecule has 1 fully saturated rings. The molecule has 7 heteroatoms. The van der Waals surface area contributed by atoms with Crippen LogP contribution in [0.15, 0.2) is 17.2 Å². The van der Waals surface area contributed by atoms with Gasteiger partial charge in [0.1, 0.15) is 0 Å². The van der Waals surface area contributed by atoms with Gasteiger partial charge in [-0.25, -0.2) is 13.1 Å². The smallest absolute Gasteiger partial charge is 0.242 e. The first-order valence-corrected chi connectivity index (χ1v) is 7.99. The zero-order valence-corrected chi connectivity index (χ0v) is 12.3. The van der Waals surface area contributed by atoms with Gasteiger partial charge in [0.25, 0.3) is 0 Å². The summed E-state index contributed by atoms with van der Waals surface area (Å²) >= 11 is 0. The van der Waals surface area contributed by atoms with Crippen LogP contribution in [-0.4, -0.2) is 52.0 Å². The van der Waals surface area contributed by atoms with Crippen LogP contribution >= 0.6 is 0 Å². The minimum absolute atomic E-state index is 0.309. The van der Waals surface area contributed by atoms with Gasteiger partial charge in [-0.3, -0.25) is 0 Å². The molecule has 6 nitrogen and oxygen atoms in total. The lowest BCUT2D eigenvalue weighted by molar-refractivity contribution is 0.394. The summed E-state index contributed by atoms with van der Waals surface area (Å²) in [6.07, 6.45) is 2.59. The molecule has 0 radical (unpaired) electrons. The van der Waals surface area contributed by atoms with Gasteiger partial charge in [0, 0.05) is 31.5 Å². The molecular formula is C12H22N4O2S. The van der Waals surface area contributed by atoms with E-state index in [-0.39, 0.29) is 0 Å². The van der Waals surface area contributed by atoms with Crippen LogP contribution in [0, 0.1) is 5.92 Å². The number of sulfonamides is 1. The Hall–Kier alpha value is -0.890. The van der Waals surface area contributed by atoms with Gasteiger partial charge in [0.15, 0.2) is 0 Å². The van der Waals surface area contributed by atoms with Gasteiger partial charge < -0.3 is 15.2 Å². The van der Waals surface area contributed by atoms with E-state index in [2.05, 4.69) is 27.0 Å². The SMILES string of the molecule is CNCc1cc(S(=O)(=O)NCC2CCN(C)C2)c[nH]1. The molecule has 1 saturated heterocycles. The van der Waals surface area contributed by atoms with Crippen molar-refractivity contribution in [3.8, 4) is 0 Å². The summed E-state index contributed by atoms with van der Waals surface area (Å²) < 4.78 is 26.9. The number of hydrogen-bond acceptors (Lipinski definition) is 4. The second-order valence-electron chi connectivity index (χ2n) is 5.16. The molecule has 19 heavy (non-hydrogen) atoms. The Bertz CT molecular complexity index is 512. The van der Waals surface area contributed by atoms with Gasteiger partial charge in [0.2, 0.25) is 10.0 Å². The fraction of sp³-hybridized carbons (Fsp3) is 0.667. The van der Waals surface area contributed by atoms with Crippen LogP contribution in [0.2, 0.25) is 0 Å². The molecule has 0 amide bonds. The van der Waals surface area contributed by atoms with Gasteiger partial charge in [-0.05, 0) is 39.0 Å². The minimum atomic E-state index is -3.39. The van der Waals surface area contributed by atoms with Gasteiger partial charge >= 0.3 is 0 Å². The average Bonchev–Trinajstić information content (AvgIpc) is 2.97. The van der Waals surface area contributed by atoms with Crippen LogP contribution in [0.4, 0.5) is 0 Å². The number of H-pyrrole nitrogens is 1. The molecule has 0 bridgehead atoms. The van der Waals surface area contributed by atoms with Gasteiger partial charge in [-0.2, -0.15) is 0 Å². The zero-order chi connectivity index (χ0) is 13.9. The molecule has 1 atom stereocenters. The highest BCUT2D eigenvalue weighted by Gasteiger charge is 2.22. The summed E-state index contributed by atoms with van der Waals surface area (Å²) in [6, 6.07) is 1.67. The monoisotopic (exact) mass is 286 g/mol. The third-order valence-corrected chi connectivity index (χ3v) is 4.85. The topological polar surface area (TPSA) is 77.2 Å². The number of aromatic amines is 1. The lowest BCUT2D eigenvalue weighted by atomic mass is 10.1. The van der Waals surface area contributed by atoms with Crippen LogP contribution in [-0.2, 0) is 16.6 Å². The highest BCUT2D eigenvalue weighted by atomic mass is 32.2. The average molecular weight is 286 g/mol. The van der Waals surface area contributed by atoms with Crippen molar-refractivity contribution in [1.82, 2.24) is 19.9 Å². The first kappa shape index (κ1) is 14.5. The Labute approximate surface area is 114 Å². The molecule has 2 rings (SSSR count). The standard InChI is InChI=1S/C12H22N4O2S/c1-13-7-11-5-12(8-14-11)19(17,18)15-6-10-3-4-16(2)9-10/h5,8,10,13-15H,3-4,6-7,9H2,1-2H3. The Morgan fingerprint density at radius 2 is 2.32 bits per heavy atom. The van der Waals surface area contributed by atoms with Crippen molar-refractivity contribution in [2.75, 3.05) is 33.7 Å². The van der Waals surface area contributed by atoms with E-state index < -0.39 is 10.0 Å². The Morgan fingerprint density at radius 3 is 2.95 bits per heavy atom. The number of likely N-dealkylation sites (tertiary alicyclic amines) is 1. The molecule has 3 N–H and O–H groups in total. The van der Waals surface area contributed by atoms with Gasteiger partial charge in [-0.15, -0.1) is 0 Å². The molecule has 0 saturated carbocycles. The number of hydrogen-bond donors (Lipinski definition) is 3. The summed E-state index contributed by atoms with van der Waals surface area (Å²) in [6.45, 7) is 3.14. The summed E-state index contributed by atoms with van der Waals surface area (Å²) in [4.78, 5) is 5.49. The van der Waals surface area contributed by atoms with Gasteiger partial charge in [0.05, 0.1) is 4.90 Å².